The number of aliphatic hydroxyl groups is 1. The zero-order valence-corrected chi connectivity index (χ0v) is 11.9. The fourth-order valence-electron chi connectivity index (χ4n) is 1.80. The number of rotatable bonds is 6. The van der Waals surface area contributed by atoms with Crippen molar-refractivity contribution in [3.63, 3.8) is 0 Å². The molecule has 0 saturated heterocycles. The van der Waals surface area contributed by atoms with Crippen molar-refractivity contribution in [2.75, 3.05) is 21.3 Å². The van der Waals surface area contributed by atoms with Gasteiger partial charge in [0.2, 0.25) is 5.75 Å². The topological polar surface area (TPSA) is 73.9 Å². The molecule has 0 saturated carbocycles. The predicted molar refractivity (Wildman–Crippen MR) is 69.7 cm³/mol. The summed E-state index contributed by atoms with van der Waals surface area (Å²) < 4.78 is 52.5. The smallest absolute Gasteiger partial charge is 0.403 e. The second-order valence-corrected chi connectivity index (χ2v) is 4.36. The van der Waals surface area contributed by atoms with Gasteiger partial charge in [-0.05, 0) is 17.7 Å². The van der Waals surface area contributed by atoms with Crippen LogP contribution in [0.2, 0.25) is 0 Å². The first-order valence-corrected chi connectivity index (χ1v) is 6.04. The lowest BCUT2D eigenvalue weighted by Crippen LogP contribution is -2.38. The molecular weight excluding hydrogens is 291 g/mol. The van der Waals surface area contributed by atoms with Gasteiger partial charge in [-0.3, -0.25) is 0 Å². The molecule has 0 unspecified atom stereocenters. The Hall–Kier alpha value is -1.67. The fraction of sp³-hybridized carbons (Fsp3) is 0.538. The van der Waals surface area contributed by atoms with Crippen LogP contribution in [0.5, 0.6) is 17.2 Å². The minimum absolute atomic E-state index is 0.198. The van der Waals surface area contributed by atoms with Crippen molar-refractivity contribution in [2.45, 2.75) is 24.7 Å². The highest BCUT2D eigenvalue weighted by Crippen LogP contribution is 2.40. The molecule has 0 aliphatic rings. The third kappa shape index (κ3) is 4.15. The molecule has 1 aromatic rings. The fourth-order valence-corrected chi connectivity index (χ4v) is 1.80. The molecule has 1 rings (SSSR count). The molecule has 0 spiro atoms. The first-order valence-electron chi connectivity index (χ1n) is 6.04. The van der Waals surface area contributed by atoms with Gasteiger partial charge in [0.15, 0.2) is 11.5 Å². The summed E-state index contributed by atoms with van der Waals surface area (Å²) in [6.07, 6.45) is -6.64. The van der Waals surface area contributed by atoms with Crippen LogP contribution < -0.4 is 19.9 Å². The molecule has 5 nitrogen and oxygen atoms in total. The first-order chi connectivity index (χ1) is 9.74. The lowest BCUT2D eigenvalue weighted by Gasteiger charge is -2.21. The number of methoxy groups -OCH3 is 3. The van der Waals surface area contributed by atoms with E-state index in [1.54, 1.807) is 0 Å². The van der Waals surface area contributed by atoms with E-state index in [0.717, 1.165) is 0 Å². The lowest BCUT2D eigenvalue weighted by molar-refractivity contribution is -0.153. The van der Waals surface area contributed by atoms with E-state index in [9.17, 15) is 18.3 Å². The standard InChI is InChI=1S/C13H18F3NO4/c1-19-9-4-7(5-10(20-2)12(9)21-3)8(18)6-11(17)13(14,15)16/h4-5,8,11,18H,6,17H2,1-3H3/t8-,11+/m1/s1. The van der Waals surface area contributed by atoms with E-state index in [1.165, 1.54) is 33.5 Å². The molecule has 3 N–H and O–H groups in total. The van der Waals surface area contributed by atoms with Gasteiger partial charge in [-0.2, -0.15) is 13.2 Å². The highest BCUT2D eigenvalue weighted by molar-refractivity contribution is 5.54. The average Bonchev–Trinajstić information content (AvgIpc) is 2.44. The SMILES string of the molecule is COc1cc([C@H](O)C[C@H](N)C(F)(F)F)cc(OC)c1OC. The van der Waals surface area contributed by atoms with Crippen LogP contribution in [0.1, 0.15) is 18.1 Å². The van der Waals surface area contributed by atoms with Crippen LogP contribution in [0.25, 0.3) is 0 Å². The normalized spacial score (nSPS) is 14.5. The van der Waals surface area contributed by atoms with Crippen LogP contribution in [0, 0.1) is 0 Å². The summed E-state index contributed by atoms with van der Waals surface area (Å²) in [5.41, 5.74) is 5.21. The van der Waals surface area contributed by atoms with E-state index in [0.29, 0.717) is 0 Å². The van der Waals surface area contributed by atoms with E-state index in [1.807, 2.05) is 0 Å². The van der Waals surface area contributed by atoms with Crippen molar-refractivity contribution in [1.82, 2.24) is 0 Å². The minimum atomic E-state index is -4.57. The number of aliphatic hydroxyl groups excluding tert-OH is 1. The van der Waals surface area contributed by atoms with Crippen molar-refractivity contribution >= 4 is 0 Å². The molecule has 8 heteroatoms. The van der Waals surface area contributed by atoms with Gasteiger partial charge in [0, 0.05) is 6.42 Å². The molecule has 0 amide bonds. The van der Waals surface area contributed by atoms with Gasteiger partial charge in [-0.1, -0.05) is 0 Å². The molecule has 0 heterocycles. The van der Waals surface area contributed by atoms with E-state index >= 15 is 0 Å². The number of halogens is 3. The van der Waals surface area contributed by atoms with Crippen molar-refractivity contribution < 1.29 is 32.5 Å². The Kier molecular flexibility index (Phi) is 5.68. The Bertz CT molecular complexity index is 454. The Labute approximate surface area is 120 Å². The van der Waals surface area contributed by atoms with E-state index < -0.39 is 24.7 Å². The van der Waals surface area contributed by atoms with Crippen molar-refractivity contribution in [2.24, 2.45) is 5.73 Å². The van der Waals surface area contributed by atoms with Gasteiger partial charge >= 0.3 is 6.18 Å². The summed E-state index contributed by atoms with van der Waals surface area (Å²) in [7, 11) is 4.14. The van der Waals surface area contributed by atoms with Crippen molar-refractivity contribution in [1.29, 1.82) is 0 Å². The predicted octanol–water partition coefficient (Wildman–Crippen LogP) is 2.03. The summed E-state index contributed by atoms with van der Waals surface area (Å²) in [5, 5.41) is 9.93. The number of hydrogen-bond acceptors (Lipinski definition) is 5. The Morgan fingerprint density at radius 3 is 1.90 bits per heavy atom. The van der Waals surface area contributed by atoms with Crippen molar-refractivity contribution in [3.8, 4) is 17.2 Å². The zero-order chi connectivity index (χ0) is 16.2. The van der Waals surface area contributed by atoms with Gasteiger partial charge in [0.1, 0.15) is 6.04 Å². The molecular formula is C13H18F3NO4. The molecule has 0 bridgehead atoms. The second kappa shape index (κ2) is 6.86. The summed E-state index contributed by atoms with van der Waals surface area (Å²) in [4.78, 5) is 0. The van der Waals surface area contributed by atoms with Gasteiger partial charge in [0.05, 0.1) is 27.4 Å². The van der Waals surface area contributed by atoms with Gasteiger partial charge in [-0.15, -0.1) is 0 Å². The maximum Gasteiger partial charge on any atom is 0.403 e. The van der Waals surface area contributed by atoms with Gasteiger partial charge in [-0.25, -0.2) is 0 Å². The molecule has 0 aromatic heterocycles. The summed E-state index contributed by atoms with van der Waals surface area (Å²) >= 11 is 0. The van der Waals surface area contributed by atoms with E-state index in [2.05, 4.69) is 0 Å². The number of alkyl halides is 3. The lowest BCUT2D eigenvalue weighted by atomic mass is 10.0. The maximum absolute atomic E-state index is 12.4. The number of ether oxygens (including phenoxy) is 3. The third-order valence-corrected chi connectivity index (χ3v) is 2.97. The molecule has 2 atom stereocenters. The summed E-state index contributed by atoms with van der Waals surface area (Å²) in [6.45, 7) is 0. The highest BCUT2D eigenvalue weighted by Gasteiger charge is 2.38. The van der Waals surface area contributed by atoms with Crippen LogP contribution >= 0.6 is 0 Å². The second-order valence-electron chi connectivity index (χ2n) is 4.36. The number of benzene rings is 1. The number of nitrogens with two attached hydrogens (primary N) is 1. The molecule has 0 radical (unpaired) electrons. The van der Waals surface area contributed by atoms with Gasteiger partial charge in [0.25, 0.3) is 0 Å². The summed E-state index contributed by atoms with van der Waals surface area (Å²) in [6, 6.07) is 0.649. The molecule has 0 fully saturated rings. The molecule has 1 aromatic carbocycles. The Morgan fingerprint density at radius 2 is 1.57 bits per heavy atom. The third-order valence-electron chi connectivity index (χ3n) is 2.97. The monoisotopic (exact) mass is 309 g/mol. The van der Waals surface area contributed by atoms with Crippen LogP contribution in [0.3, 0.4) is 0 Å². The van der Waals surface area contributed by atoms with E-state index in [4.69, 9.17) is 19.9 Å². The highest BCUT2D eigenvalue weighted by atomic mass is 19.4. The maximum atomic E-state index is 12.4. The zero-order valence-electron chi connectivity index (χ0n) is 11.9. The average molecular weight is 309 g/mol. The molecule has 0 aliphatic heterocycles. The molecule has 0 aliphatic carbocycles. The Morgan fingerprint density at radius 1 is 1.10 bits per heavy atom. The first kappa shape index (κ1) is 17.4. The summed E-state index contributed by atoms with van der Waals surface area (Å²) in [5.74, 6) is 0.772. The van der Waals surface area contributed by atoms with E-state index in [-0.39, 0.29) is 22.8 Å². The quantitative estimate of drug-likeness (QED) is 0.841. The van der Waals surface area contributed by atoms with Crippen LogP contribution in [-0.4, -0.2) is 38.7 Å². The van der Waals surface area contributed by atoms with Crippen LogP contribution in [0.15, 0.2) is 12.1 Å². The van der Waals surface area contributed by atoms with Crippen LogP contribution in [0.4, 0.5) is 13.2 Å². The number of hydrogen-bond donors (Lipinski definition) is 2. The van der Waals surface area contributed by atoms with Crippen molar-refractivity contribution in [3.05, 3.63) is 17.7 Å². The molecule has 21 heavy (non-hydrogen) atoms. The van der Waals surface area contributed by atoms with Crippen LogP contribution in [-0.2, 0) is 0 Å². The Balaban J connectivity index is 3.07. The largest absolute Gasteiger partial charge is 0.493 e. The molecule has 120 valence electrons. The minimum Gasteiger partial charge on any atom is -0.493 e. The van der Waals surface area contributed by atoms with Gasteiger partial charge < -0.3 is 25.1 Å².